The number of benzene rings is 4. The Morgan fingerprint density at radius 1 is 0.939 bits per heavy atom. The van der Waals surface area contributed by atoms with Crippen LogP contribution in [-0.4, -0.2) is 62.6 Å². The number of sulfonamides is 1. The van der Waals surface area contributed by atoms with Crippen LogP contribution in [0.4, 0.5) is 8.78 Å². The number of nitrogens with one attached hydrogen (secondary N) is 1. The highest BCUT2D eigenvalue weighted by Crippen LogP contribution is 2.28. The summed E-state index contributed by atoms with van der Waals surface area (Å²) in [5.41, 5.74) is 10.1. The van der Waals surface area contributed by atoms with Crippen LogP contribution in [0.25, 0.3) is 0 Å². The van der Waals surface area contributed by atoms with Gasteiger partial charge in [-0.2, -0.15) is 4.31 Å². The fraction of sp³-hybridized carbons (Fsp3) is 0.342. The topological polar surface area (TPSA) is 102 Å². The Balaban J connectivity index is 1.30. The predicted octanol–water partition coefficient (Wildman–Crippen LogP) is 5.84. The van der Waals surface area contributed by atoms with E-state index in [1.807, 2.05) is 42.5 Å². The Morgan fingerprint density at radius 2 is 1.63 bits per heavy atom. The largest absolute Gasteiger partial charge is 0.375 e. The van der Waals surface area contributed by atoms with Crippen LogP contribution in [0.15, 0.2) is 97.1 Å². The molecule has 5 rings (SSSR count). The molecule has 1 fully saturated rings. The Bertz CT molecular complexity index is 1790. The zero-order valence-electron chi connectivity index (χ0n) is 27.4. The van der Waals surface area contributed by atoms with Crippen LogP contribution in [0.2, 0.25) is 5.02 Å². The molecule has 0 bridgehead atoms. The van der Waals surface area contributed by atoms with Crippen LogP contribution in [0.3, 0.4) is 0 Å². The SMILES string of the molecule is CS(=O)(=O)N1C(COCc2ccccc2)CNC[C@@H]1CCc1c(F)cccc1CC(=O)[C@@H](N)[C@@H](Cc1ccc(F)cc1)c1ccc(Cl)cc1. The van der Waals surface area contributed by atoms with Crippen LogP contribution < -0.4 is 11.1 Å². The van der Waals surface area contributed by atoms with Crippen LogP contribution in [0.5, 0.6) is 0 Å². The van der Waals surface area contributed by atoms with Gasteiger partial charge in [0.15, 0.2) is 5.78 Å². The maximum absolute atomic E-state index is 15.4. The van der Waals surface area contributed by atoms with Crippen molar-refractivity contribution in [1.29, 1.82) is 0 Å². The molecule has 0 spiro atoms. The summed E-state index contributed by atoms with van der Waals surface area (Å²) in [4.78, 5) is 13.8. The van der Waals surface area contributed by atoms with Crippen molar-refractivity contribution in [3.05, 3.63) is 142 Å². The number of hydrogen-bond acceptors (Lipinski definition) is 6. The molecule has 4 atom stereocenters. The standard InChI is InChI=1S/C38H42ClF2N3O4S/c1-49(46,47)44-32(22-43-23-33(44)25-48-24-27-6-3-2-4-7-27)18-19-34-29(8-5-9-36(34)41)21-37(45)38(42)35(28-12-14-30(39)15-13-28)20-26-10-16-31(40)17-11-26/h2-17,32-33,35,38,43H,18-25,42H2,1H3/t32-,33?,35-,38-/m0/s1. The van der Waals surface area contributed by atoms with Gasteiger partial charge < -0.3 is 15.8 Å². The monoisotopic (exact) mass is 709 g/mol. The summed E-state index contributed by atoms with van der Waals surface area (Å²) in [7, 11) is -3.62. The number of piperazine rings is 1. The number of ketones is 1. The molecule has 1 aliphatic rings. The van der Waals surface area contributed by atoms with Crippen molar-refractivity contribution in [1.82, 2.24) is 9.62 Å². The maximum Gasteiger partial charge on any atom is 0.211 e. The minimum Gasteiger partial charge on any atom is -0.375 e. The smallest absolute Gasteiger partial charge is 0.211 e. The van der Waals surface area contributed by atoms with Crippen molar-refractivity contribution < 1.29 is 26.7 Å². The third-order valence-corrected chi connectivity index (χ3v) is 10.7. The van der Waals surface area contributed by atoms with Gasteiger partial charge >= 0.3 is 0 Å². The first-order valence-electron chi connectivity index (χ1n) is 16.3. The van der Waals surface area contributed by atoms with Gasteiger partial charge in [0, 0.05) is 36.5 Å². The first kappa shape index (κ1) is 36.8. The van der Waals surface area contributed by atoms with E-state index in [0.717, 1.165) is 16.7 Å². The zero-order chi connectivity index (χ0) is 35.0. The van der Waals surface area contributed by atoms with Gasteiger partial charge in [-0.1, -0.05) is 78.3 Å². The second-order valence-corrected chi connectivity index (χ2v) is 15.0. The molecule has 1 saturated heterocycles. The third kappa shape index (κ3) is 10.0. The Kier molecular flexibility index (Phi) is 12.7. The van der Waals surface area contributed by atoms with Gasteiger partial charge in [0.2, 0.25) is 10.0 Å². The summed E-state index contributed by atoms with van der Waals surface area (Å²) in [6.45, 7) is 1.40. The molecule has 1 aliphatic heterocycles. The van der Waals surface area contributed by atoms with E-state index in [9.17, 15) is 17.6 Å². The average molecular weight is 710 g/mol. The molecular weight excluding hydrogens is 668 g/mol. The lowest BCUT2D eigenvalue weighted by atomic mass is 9.82. The molecule has 1 heterocycles. The number of nitrogens with two attached hydrogens (primary N) is 1. The molecule has 11 heteroatoms. The van der Waals surface area contributed by atoms with Gasteiger partial charge in [0.05, 0.1) is 31.6 Å². The Morgan fingerprint density at radius 3 is 2.33 bits per heavy atom. The summed E-state index contributed by atoms with van der Waals surface area (Å²) >= 11 is 6.13. The number of carbonyl (C=O) groups is 1. The van der Waals surface area contributed by atoms with Gasteiger partial charge in [0.25, 0.3) is 0 Å². The van der Waals surface area contributed by atoms with Gasteiger partial charge in [0.1, 0.15) is 11.6 Å². The Labute approximate surface area is 292 Å². The highest BCUT2D eigenvalue weighted by Gasteiger charge is 2.37. The van der Waals surface area contributed by atoms with Crippen molar-refractivity contribution in [3.8, 4) is 0 Å². The van der Waals surface area contributed by atoms with Gasteiger partial charge in [-0.3, -0.25) is 4.79 Å². The van der Waals surface area contributed by atoms with Crippen molar-refractivity contribution in [3.63, 3.8) is 0 Å². The maximum atomic E-state index is 15.4. The number of ether oxygens (including phenoxy) is 1. The lowest BCUT2D eigenvalue weighted by Crippen LogP contribution is -2.60. The molecular formula is C38H42ClF2N3O4S. The molecule has 3 N–H and O–H groups in total. The van der Waals surface area contributed by atoms with Crippen molar-refractivity contribution in [2.45, 2.75) is 56.3 Å². The molecule has 0 radical (unpaired) electrons. The van der Waals surface area contributed by atoms with Crippen LogP contribution in [0.1, 0.15) is 40.2 Å². The quantitative estimate of drug-likeness (QED) is 0.161. The Hall–Kier alpha value is -3.51. The van der Waals surface area contributed by atoms with Crippen LogP contribution >= 0.6 is 11.6 Å². The highest BCUT2D eigenvalue weighted by molar-refractivity contribution is 7.88. The summed E-state index contributed by atoms with van der Waals surface area (Å²) in [6, 6.07) is 25.7. The van der Waals surface area contributed by atoms with Gasteiger partial charge in [-0.05, 0) is 77.4 Å². The molecule has 7 nitrogen and oxygen atoms in total. The lowest BCUT2D eigenvalue weighted by molar-refractivity contribution is -0.120. The minimum absolute atomic E-state index is 0.101. The first-order valence-corrected chi connectivity index (χ1v) is 18.6. The van der Waals surface area contributed by atoms with E-state index in [2.05, 4.69) is 5.32 Å². The summed E-state index contributed by atoms with van der Waals surface area (Å²) in [5.74, 6) is -1.54. The summed E-state index contributed by atoms with van der Waals surface area (Å²) in [6.07, 6.45) is 2.03. The normalized spacial score (nSPS) is 18.2. The van der Waals surface area contributed by atoms with Gasteiger partial charge in [-0.15, -0.1) is 0 Å². The summed E-state index contributed by atoms with van der Waals surface area (Å²) < 4.78 is 62.5. The second-order valence-electron chi connectivity index (χ2n) is 12.6. The molecule has 0 amide bonds. The fourth-order valence-electron chi connectivity index (χ4n) is 6.61. The van der Waals surface area contributed by atoms with E-state index in [4.69, 9.17) is 22.1 Å². The molecule has 0 aromatic heterocycles. The van der Waals surface area contributed by atoms with Crippen molar-refractivity contribution >= 4 is 27.4 Å². The van der Waals surface area contributed by atoms with E-state index in [-0.39, 0.29) is 31.0 Å². The average Bonchev–Trinajstić information content (AvgIpc) is 3.08. The van der Waals surface area contributed by atoms with Crippen molar-refractivity contribution in [2.75, 3.05) is 26.0 Å². The van der Waals surface area contributed by atoms with Crippen LogP contribution in [0, 0.1) is 11.6 Å². The molecule has 1 unspecified atom stereocenters. The molecule has 49 heavy (non-hydrogen) atoms. The molecule has 4 aromatic carbocycles. The third-order valence-electron chi connectivity index (χ3n) is 9.06. The number of halogens is 3. The summed E-state index contributed by atoms with van der Waals surface area (Å²) in [5, 5.41) is 3.87. The number of hydrogen-bond donors (Lipinski definition) is 2. The number of Topliss-reactive ketones (excluding diaryl/α,β-unsaturated/α-hetero) is 1. The first-order chi connectivity index (χ1) is 23.5. The van der Waals surface area contributed by atoms with Crippen LogP contribution in [-0.2, 0) is 45.4 Å². The van der Waals surface area contributed by atoms with E-state index in [0.29, 0.717) is 48.7 Å². The fourth-order valence-corrected chi connectivity index (χ4v) is 8.14. The zero-order valence-corrected chi connectivity index (χ0v) is 29.0. The molecule has 260 valence electrons. The van der Waals surface area contributed by atoms with E-state index in [1.54, 1.807) is 36.4 Å². The number of carbonyl (C=O) groups excluding carboxylic acids is 1. The van der Waals surface area contributed by atoms with E-state index < -0.39 is 39.9 Å². The second kappa shape index (κ2) is 16.9. The van der Waals surface area contributed by atoms with Gasteiger partial charge in [-0.25, -0.2) is 17.2 Å². The number of rotatable bonds is 15. The molecule has 0 saturated carbocycles. The molecule has 0 aliphatic carbocycles. The van der Waals surface area contributed by atoms with E-state index >= 15 is 4.39 Å². The predicted molar refractivity (Wildman–Crippen MR) is 189 cm³/mol. The van der Waals surface area contributed by atoms with Crippen molar-refractivity contribution in [2.24, 2.45) is 5.73 Å². The molecule has 4 aromatic rings. The minimum atomic E-state index is -3.62. The highest BCUT2D eigenvalue weighted by atomic mass is 35.5. The van der Waals surface area contributed by atoms with E-state index in [1.165, 1.54) is 28.8 Å². The lowest BCUT2D eigenvalue weighted by Gasteiger charge is -2.40. The number of nitrogens with zero attached hydrogens (tertiary/aromatic N) is 1.